The third kappa shape index (κ3) is 2.18. The number of rotatable bonds is 1. The Hall–Kier alpha value is -0.0800. The maximum absolute atomic E-state index is 8.38. The van der Waals surface area contributed by atoms with Gasteiger partial charge in [-0.25, -0.2) is 0 Å². The van der Waals surface area contributed by atoms with Crippen molar-refractivity contribution in [2.75, 3.05) is 0 Å². The first-order chi connectivity index (χ1) is 2.64. The van der Waals surface area contributed by atoms with Gasteiger partial charge in [0.25, 0.3) is 0 Å². The van der Waals surface area contributed by atoms with E-state index in [9.17, 15) is 0 Å². The van der Waals surface area contributed by atoms with Gasteiger partial charge in [-0.3, -0.25) is 0 Å². The molecule has 0 bridgehead atoms. The highest BCUT2D eigenvalue weighted by atomic mass is 16.3. The summed E-state index contributed by atoms with van der Waals surface area (Å²) in [6.07, 6.45) is -1.19. The molecule has 0 aromatic rings. The predicted molar refractivity (Wildman–Crippen MR) is 23.4 cm³/mol. The summed E-state index contributed by atoms with van der Waals surface area (Å²) < 4.78 is 0. The largest absolute Gasteiger partial charge is 0.391 e. The fraction of sp³-hybridized carbons (Fsp3) is 1.00. The summed E-state index contributed by atoms with van der Waals surface area (Å²) in [5.74, 6) is 0. The summed E-state index contributed by atoms with van der Waals surface area (Å²) in [5, 5.41) is 16.8. The Kier molecular flexibility index (Phi) is 2.13. The summed E-state index contributed by atoms with van der Waals surface area (Å²) in [6.45, 7) is 3.09. The molecule has 0 aliphatic heterocycles. The molecule has 1 unspecified atom stereocenters. The third-order valence-corrected chi connectivity index (χ3v) is 0.698. The highest BCUT2D eigenvalue weighted by Crippen LogP contribution is 1.85. The highest BCUT2D eigenvalue weighted by molar-refractivity contribution is 4.50. The maximum Gasteiger partial charge on any atom is 0.0768 e. The Morgan fingerprint density at radius 1 is 1.00 bits per heavy atom. The molecule has 0 aromatic carbocycles. The van der Waals surface area contributed by atoms with E-state index in [0.717, 1.165) is 0 Å². The van der Waals surface area contributed by atoms with E-state index in [1.165, 1.54) is 0 Å². The van der Waals surface area contributed by atoms with Crippen LogP contribution in [-0.4, -0.2) is 22.4 Å². The molecule has 2 N–H and O–H groups in total. The number of hydrogen-bond donors (Lipinski definition) is 2. The van der Waals surface area contributed by atoms with Gasteiger partial charge in [0, 0.05) is 0 Å². The molecule has 0 aliphatic carbocycles. The van der Waals surface area contributed by atoms with Crippen LogP contribution in [0.3, 0.4) is 0 Å². The van der Waals surface area contributed by atoms with Crippen molar-refractivity contribution in [1.29, 1.82) is 0 Å². The summed E-state index contributed by atoms with van der Waals surface area (Å²) in [7, 11) is 0. The van der Waals surface area contributed by atoms with Crippen LogP contribution in [0, 0.1) is 0 Å². The van der Waals surface area contributed by atoms with Gasteiger partial charge in [0.15, 0.2) is 0 Å². The van der Waals surface area contributed by atoms with Crippen LogP contribution in [0.1, 0.15) is 13.8 Å². The average molecular weight is 90.1 g/mol. The van der Waals surface area contributed by atoms with Crippen molar-refractivity contribution in [3.8, 4) is 0 Å². The maximum atomic E-state index is 8.38. The van der Waals surface area contributed by atoms with E-state index in [0.29, 0.717) is 0 Å². The zero-order valence-corrected chi connectivity index (χ0v) is 4.05. The van der Waals surface area contributed by atoms with Gasteiger partial charge in [-0.15, -0.1) is 0 Å². The normalized spacial score (nSPS) is 20.0. The summed E-state index contributed by atoms with van der Waals surface area (Å²) in [4.78, 5) is 0. The first-order valence-electron chi connectivity index (χ1n) is 2.00. The topological polar surface area (TPSA) is 40.5 Å². The fourth-order valence-electron chi connectivity index (χ4n) is 0. The second kappa shape index (κ2) is 2.16. The van der Waals surface area contributed by atoms with Crippen LogP contribution in [0.25, 0.3) is 0 Å². The lowest BCUT2D eigenvalue weighted by Crippen LogP contribution is -2.17. The Balaban J connectivity index is 2.99. The number of aliphatic hydroxyl groups is 2. The van der Waals surface area contributed by atoms with Crippen LogP contribution >= 0.6 is 0 Å². The second-order valence-corrected chi connectivity index (χ2v) is 1.48. The van der Waals surface area contributed by atoms with Crippen LogP contribution in [0.4, 0.5) is 0 Å². The van der Waals surface area contributed by atoms with Gasteiger partial charge in [-0.2, -0.15) is 0 Å². The summed E-state index contributed by atoms with van der Waals surface area (Å²) in [6, 6.07) is 0. The molecule has 6 heavy (non-hydrogen) atoms. The van der Waals surface area contributed by atoms with E-state index < -0.39 is 12.2 Å². The minimum Gasteiger partial charge on any atom is -0.391 e. The lowest BCUT2D eigenvalue weighted by molar-refractivity contribution is 0.0438. The van der Waals surface area contributed by atoms with Gasteiger partial charge in [-0.1, -0.05) is 0 Å². The van der Waals surface area contributed by atoms with Crippen molar-refractivity contribution >= 4 is 0 Å². The van der Waals surface area contributed by atoms with Crippen molar-refractivity contribution in [3.63, 3.8) is 0 Å². The predicted octanol–water partition coefficient (Wildman–Crippen LogP) is -0.252. The van der Waals surface area contributed by atoms with Crippen molar-refractivity contribution in [3.05, 3.63) is 0 Å². The minimum absolute atomic E-state index is 0.593. The first kappa shape index (κ1) is 5.92. The first-order valence-corrected chi connectivity index (χ1v) is 2.00. The lowest BCUT2D eigenvalue weighted by Gasteiger charge is -2.03. The van der Waals surface area contributed by atoms with Gasteiger partial charge in [0.1, 0.15) is 0 Å². The molecule has 38 valence electrons. The molecule has 0 rings (SSSR count). The third-order valence-electron chi connectivity index (χ3n) is 0.698. The van der Waals surface area contributed by atoms with Crippen molar-refractivity contribution < 1.29 is 10.2 Å². The fourth-order valence-corrected chi connectivity index (χ4v) is 0. The molecule has 2 atom stereocenters. The van der Waals surface area contributed by atoms with Crippen LogP contribution in [0.2, 0.25) is 0 Å². The van der Waals surface area contributed by atoms with Gasteiger partial charge >= 0.3 is 0 Å². The Bertz CT molecular complexity index is 26.5. The molecular weight excluding hydrogens is 80.0 g/mol. The van der Waals surface area contributed by atoms with E-state index >= 15 is 0 Å². The summed E-state index contributed by atoms with van der Waals surface area (Å²) >= 11 is 0. The number of hydrogen-bond acceptors (Lipinski definition) is 2. The monoisotopic (exact) mass is 90.1 g/mol. The molecule has 0 saturated heterocycles. The molecule has 0 heterocycles. The van der Waals surface area contributed by atoms with E-state index in [1.54, 1.807) is 13.8 Å². The quantitative estimate of drug-likeness (QED) is 0.466. The van der Waals surface area contributed by atoms with E-state index in [4.69, 9.17) is 10.2 Å². The van der Waals surface area contributed by atoms with Gasteiger partial charge in [0.05, 0.1) is 12.2 Å². The molecule has 0 spiro atoms. The molecule has 0 fully saturated rings. The Morgan fingerprint density at radius 3 is 1.17 bits per heavy atom. The molecular formula is C4H10O2. The van der Waals surface area contributed by atoms with Gasteiger partial charge in [-0.05, 0) is 13.8 Å². The van der Waals surface area contributed by atoms with Crippen molar-refractivity contribution in [2.45, 2.75) is 26.1 Å². The molecule has 0 radical (unpaired) electrons. The molecule has 0 aromatic heterocycles. The highest BCUT2D eigenvalue weighted by Gasteiger charge is 1.99. The average Bonchev–Trinajstić information content (AvgIpc) is 1.36. The zero-order chi connectivity index (χ0) is 5.15. The van der Waals surface area contributed by atoms with Crippen LogP contribution in [0.15, 0.2) is 0 Å². The van der Waals surface area contributed by atoms with Crippen molar-refractivity contribution in [2.24, 2.45) is 0 Å². The van der Waals surface area contributed by atoms with Crippen LogP contribution in [-0.2, 0) is 0 Å². The molecule has 0 saturated carbocycles. The molecule has 0 amide bonds. The molecule has 2 heteroatoms. The Morgan fingerprint density at radius 2 is 1.17 bits per heavy atom. The smallest absolute Gasteiger partial charge is 0.0768 e. The van der Waals surface area contributed by atoms with Crippen LogP contribution in [0.5, 0.6) is 0 Å². The molecule has 2 nitrogen and oxygen atoms in total. The second-order valence-electron chi connectivity index (χ2n) is 1.48. The standard InChI is InChI=1S/C4H10O2/c1-3(5)4(2)6/h3-6H,1-2H3/t3-,4?/m0/s1. The molecule has 0 aliphatic rings. The summed E-state index contributed by atoms with van der Waals surface area (Å²) in [5.41, 5.74) is 0. The van der Waals surface area contributed by atoms with E-state index in [-0.39, 0.29) is 0 Å². The Labute approximate surface area is 37.4 Å². The van der Waals surface area contributed by atoms with Gasteiger partial charge in [0.2, 0.25) is 0 Å². The lowest BCUT2D eigenvalue weighted by atomic mass is 10.3. The van der Waals surface area contributed by atoms with E-state index in [1.807, 2.05) is 0 Å². The van der Waals surface area contributed by atoms with Crippen molar-refractivity contribution in [1.82, 2.24) is 0 Å². The minimum atomic E-state index is -0.593. The van der Waals surface area contributed by atoms with Gasteiger partial charge < -0.3 is 10.2 Å². The van der Waals surface area contributed by atoms with E-state index in [2.05, 4.69) is 0 Å². The SMILES string of the molecule is CC(O)[C@H](C)O. The number of aliphatic hydroxyl groups excluding tert-OH is 2. The van der Waals surface area contributed by atoms with Crippen LogP contribution < -0.4 is 0 Å². The zero-order valence-electron chi connectivity index (χ0n) is 4.05.